The van der Waals surface area contributed by atoms with Gasteiger partial charge in [0, 0.05) is 38.9 Å². The van der Waals surface area contributed by atoms with E-state index in [0.29, 0.717) is 37.2 Å². The number of carbonyl (C=O) groups is 2. The van der Waals surface area contributed by atoms with Gasteiger partial charge in [-0.3, -0.25) is 9.59 Å². The first kappa shape index (κ1) is 19.4. The molecule has 0 amide bonds. The summed E-state index contributed by atoms with van der Waals surface area (Å²) >= 11 is 3.48. The van der Waals surface area contributed by atoms with Gasteiger partial charge in [-0.25, -0.2) is 0 Å². The molecule has 0 bridgehead atoms. The molecule has 4 nitrogen and oxygen atoms in total. The van der Waals surface area contributed by atoms with Crippen LogP contribution in [0, 0.1) is 0 Å². The Balaban J connectivity index is 2.29. The molecule has 0 spiro atoms. The molecular formula is C22H21BrO4. The van der Waals surface area contributed by atoms with Gasteiger partial charge in [0.2, 0.25) is 0 Å². The molecule has 3 aromatic carbocycles. The van der Waals surface area contributed by atoms with Crippen LogP contribution in [0.3, 0.4) is 0 Å². The molecule has 0 fully saturated rings. The number of benzene rings is 3. The molecule has 0 heterocycles. The van der Waals surface area contributed by atoms with Crippen molar-refractivity contribution in [3.8, 4) is 11.5 Å². The van der Waals surface area contributed by atoms with Gasteiger partial charge in [-0.05, 0) is 31.0 Å². The summed E-state index contributed by atoms with van der Waals surface area (Å²) in [5.41, 5.74) is 0. The Hall–Kier alpha value is -2.40. The predicted octanol–water partition coefficient (Wildman–Crippen LogP) is 6.17. The number of rotatable bonds is 6. The summed E-state index contributed by atoms with van der Waals surface area (Å²) in [6.07, 6.45) is 2.12. The van der Waals surface area contributed by atoms with Crippen molar-refractivity contribution in [2.24, 2.45) is 0 Å². The molecule has 140 valence electrons. The van der Waals surface area contributed by atoms with Crippen LogP contribution in [-0.2, 0) is 9.59 Å². The van der Waals surface area contributed by atoms with E-state index in [2.05, 4.69) is 15.9 Å². The minimum absolute atomic E-state index is 0.275. The second kappa shape index (κ2) is 8.53. The molecule has 27 heavy (non-hydrogen) atoms. The zero-order valence-corrected chi connectivity index (χ0v) is 17.0. The zero-order valence-electron chi connectivity index (χ0n) is 15.4. The largest absolute Gasteiger partial charge is 0.425 e. The highest BCUT2D eigenvalue weighted by molar-refractivity contribution is 9.10. The van der Waals surface area contributed by atoms with Crippen molar-refractivity contribution in [1.82, 2.24) is 0 Å². The highest BCUT2D eigenvalue weighted by atomic mass is 79.9. The fraction of sp³-hybridized carbons (Fsp3) is 0.273. The third-order valence-corrected chi connectivity index (χ3v) is 4.72. The molecular weight excluding hydrogens is 408 g/mol. The second-order valence-electron chi connectivity index (χ2n) is 6.34. The van der Waals surface area contributed by atoms with Crippen molar-refractivity contribution in [3.63, 3.8) is 0 Å². The normalized spacial score (nSPS) is 10.9. The Morgan fingerprint density at radius 1 is 0.778 bits per heavy atom. The van der Waals surface area contributed by atoms with E-state index in [1.165, 1.54) is 0 Å². The summed E-state index contributed by atoms with van der Waals surface area (Å²) in [6.45, 7) is 3.87. The minimum atomic E-state index is -0.278. The van der Waals surface area contributed by atoms with Crippen LogP contribution in [0.25, 0.3) is 21.5 Å². The molecule has 0 unspecified atom stereocenters. The fourth-order valence-corrected chi connectivity index (χ4v) is 3.39. The van der Waals surface area contributed by atoms with Gasteiger partial charge in [0.25, 0.3) is 0 Å². The summed E-state index contributed by atoms with van der Waals surface area (Å²) < 4.78 is 12.3. The smallest absolute Gasteiger partial charge is 0.311 e. The van der Waals surface area contributed by atoms with Crippen LogP contribution in [0.1, 0.15) is 39.5 Å². The molecule has 0 aliphatic carbocycles. The molecule has 0 N–H and O–H groups in total. The number of ether oxygens (including phenoxy) is 2. The molecule has 3 rings (SSSR count). The van der Waals surface area contributed by atoms with Gasteiger partial charge in [0.05, 0.1) is 0 Å². The zero-order chi connectivity index (χ0) is 19.4. The van der Waals surface area contributed by atoms with E-state index in [0.717, 1.165) is 26.0 Å². The van der Waals surface area contributed by atoms with Gasteiger partial charge < -0.3 is 9.47 Å². The van der Waals surface area contributed by atoms with Crippen LogP contribution in [0.5, 0.6) is 11.5 Å². The summed E-state index contributed by atoms with van der Waals surface area (Å²) in [7, 11) is 0. The van der Waals surface area contributed by atoms with Crippen LogP contribution in [-0.4, -0.2) is 11.9 Å². The molecule has 0 saturated heterocycles. The van der Waals surface area contributed by atoms with Crippen molar-refractivity contribution in [1.29, 1.82) is 0 Å². The van der Waals surface area contributed by atoms with Crippen LogP contribution in [0.2, 0.25) is 0 Å². The van der Waals surface area contributed by atoms with E-state index < -0.39 is 0 Å². The second-order valence-corrected chi connectivity index (χ2v) is 7.26. The first-order chi connectivity index (χ1) is 13.0. The lowest BCUT2D eigenvalue weighted by Crippen LogP contribution is -2.10. The Labute approximate surface area is 166 Å². The topological polar surface area (TPSA) is 52.6 Å². The maximum atomic E-state index is 12.2. The predicted molar refractivity (Wildman–Crippen MR) is 110 cm³/mol. The first-order valence-corrected chi connectivity index (χ1v) is 9.89. The monoisotopic (exact) mass is 428 g/mol. The lowest BCUT2D eigenvalue weighted by molar-refractivity contribution is -0.135. The summed E-state index contributed by atoms with van der Waals surface area (Å²) in [5, 5.41) is 2.95. The molecule has 0 radical (unpaired) electrons. The number of carbonyl (C=O) groups excluding carboxylic acids is 2. The third kappa shape index (κ3) is 4.14. The molecule has 5 heteroatoms. The van der Waals surface area contributed by atoms with Crippen molar-refractivity contribution >= 4 is 49.4 Å². The molecule has 0 aliphatic rings. The van der Waals surface area contributed by atoms with Crippen molar-refractivity contribution in [2.75, 3.05) is 0 Å². The highest BCUT2D eigenvalue weighted by Crippen LogP contribution is 2.43. The van der Waals surface area contributed by atoms with Crippen LogP contribution in [0.15, 0.2) is 46.9 Å². The number of halogens is 1. The van der Waals surface area contributed by atoms with Crippen molar-refractivity contribution < 1.29 is 19.1 Å². The first-order valence-electron chi connectivity index (χ1n) is 9.10. The van der Waals surface area contributed by atoms with Crippen molar-refractivity contribution in [2.45, 2.75) is 39.5 Å². The van der Waals surface area contributed by atoms with Crippen LogP contribution >= 0.6 is 15.9 Å². The van der Waals surface area contributed by atoms with Crippen LogP contribution < -0.4 is 9.47 Å². The number of fused-ring (bicyclic) bond motifs is 2. The Morgan fingerprint density at radius 2 is 1.26 bits per heavy atom. The van der Waals surface area contributed by atoms with E-state index in [9.17, 15) is 9.59 Å². The van der Waals surface area contributed by atoms with E-state index in [4.69, 9.17) is 9.47 Å². The van der Waals surface area contributed by atoms with Gasteiger partial charge >= 0.3 is 11.9 Å². The number of hydrogen-bond donors (Lipinski definition) is 0. The van der Waals surface area contributed by atoms with E-state index in [1.54, 1.807) is 0 Å². The van der Waals surface area contributed by atoms with Crippen molar-refractivity contribution in [3.05, 3.63) is 46.9 Å². The maximum absolute atomic E-state index is 12.2. The lowest BCUT2D eigenvalue weighted by Gasteiger charge is -2.16. The number of esters is 2. The Bertz CT molecular complexity index is 1010. The maximum Gasteiger partial charge on any atom is 0.311 e. The molecule has 0 saturated carbocycles. The minimum Gasteiger partial charge on any atom is -0.425 e. The SMILES string of the molecule is CCCC(=O)Oc1c2ccccc2c(OC(=O)CCC)c2cc(Br)ccc12. The summed E-state index contributed by atoms with van der Waals surface area (Å²) in [5.74, 6) is 0.444. The average molecular weight is 429 g/mol. The Kier molecular flexibility index (Phi) is 6.11. The fourth-order valence-electron chi connectivity index (χ4n) is 3.03. The van der Waals surface area contributed by atoms with Gasteiger partial charge in [-0.2, -0.15) is 0 Å². The quantitative estimate of drug-likeness (QED) is 0.267. The molecule has 3 aromatic rings. The van der Waals surface area contributed by atoms with E-state index >= 15 is 0 Å². The highest BCUT2D eigenvalue weighted by Gasteiger charge is 2.20. The molecule has 0 aliphatic heterocycles. The molecule has 0 atom stereocenters. The standard InChI is InChI=1S/C22H21BrO4/c1-3-7-19(24)26-21-15-9-5-6-10-16(15)22(27-20(25)8-4-2)18-13-14(23)11-12-17(18)21/h5-6,9-13H,3-4,7-8H2,1-2H3. The third-order valence-electron chi connectivity index (χ3n) is 4.23. The van der Waals surface area contributed by atoms with Crippen LogP contribution in [0.4, 0.5) is 0 Å². The van der Waals surface area contributed by atoms with Gasteiger partial charge in [0.15, 0.2) is 0 Å². The Morgan fingerprint density at radius 3 is 1.78 bits per heavy atom. The average Bonchev–Trinajstić information content (AvgIpc) is 2.64. The van der Waals surface area contributed by atoms with E-state index in [-0.39, 0.29) is 11.9 Å². The lowest BCUT2D eigenvalue weighted by atomic mass is 10.0. The van der Waals surface area contributed by atoms with Gasteiger partial charge in [-0.1, -0.05) is 54.0 Å². The van der Waals surface area contributed by atoms with E-state index in [1.807, 2.05) is 56.3 Å². The van der Waals surface area contributed by atoms with Gasteiger partial charge in [0.1, 0.15) is 11.5 Å². The van der Waals surface area contributed by atoms with Gasteiger partial charge in [-0.15, -0.1) is 0 Å². The number of hydrogen-bond acceptors (Lipinski definition) is 4. The summed E-state index contributed by atoms with van der Waals surface area (Å²) in [4.78, 5) is 24.4. The summed E-state index contributed by atoms with van der Waals surface area (Å²) in [6, 6.07) is 13.1. The molecule has 0 aromatic heterocycles.